The molecule has 2 aromatic rings. The number of ether oxygens (including phenoxy) is 2. The lowest BCUT2D eigenvalue weighted by molar-refractivity contribution is -0.183. The van der Waals surface area contributed by atoms with Gasteiger partial charge in [0.2, 0.25) is 0 Å². The van der Waals surface area contributed by atoms with E-state index in [2.05, 4.69) is 20.3 Å². The Bertz CT molecular complexity index is 1170. The smallest absolute Gasteiger partial charge is 0.194 e. The molecule has 2 aliphatic heterocycles. The normalized spacial score (nSPS) is 35.6. The molecule has 2 saturated heterocycles. The third kappa shape index (κ3) is 5.32. The van der Waals surface area contributed by atoms with Gasteiger partial charge < -0.3 is 40.1 Å². The van der Waals surface area contributed by atoms with Gasteiger partial charge in [-0.3, -0.25) is 0 Å². The first-order valence-corrected chi connectivity index (χ1v) is 12.1. The molecule has 0 amide bonds. The summed E-state index contributed by atoms with van der Waals surface area (Å²) in [6, 6.07) is -1.38. The Morgan fingerprint density at radius 2 is 1.53 bits per heavy atom. The van der Waals surface area contributed by atoms with Crippen molar-refractivity contribution < 1.29 is 53.3 Å². The molecule has 4 rings (SSSR count). The minimum atomic E-state index is -1.67. The zero-order valence-electron chi connectivity index (χ0n) is 19.1. The van der Waals surface area contributed by atoms with Crippen molar-refractivity contribution in [1.82, 2.24) is 15.0 Å². The van der Waals surface area contributed by atoms with Gasteiger partial charge in [-0.05, 0) is 17.7 Å². The topological polar surface area (TPSA) is 219 Å². The van der Waals surface area contributed by atoms with Gasteiger partial charge in [0.15, 0.2) is 17.5 Å². The molecule has 38 heavy (non-hydrogen) atoms. The second-order valence-electron chi connectivity index (χ2n) is 8.57. The van der Waals surface area contributed by atoms with Gasteiger partial charge in [0.25, 0.3) is 0 Å². The quantitative estimate of drug-likeness (QED) is 0.106. The number of thioether (sulfide) groups is 1. The van der Waals surface area contributed by atoms with E-state index in [1.807, 2.05) is 0 Å². The van der Waals surface area contributed by atoms with Gasteiger partial charge in [-0.2, -0.15) is 0 Å². The van der Waals surface area contributed by atoms with Crippen LogP contribution < -0.4 is 0 Å². The summed E-state index contributed by atoms with van der Waals surface area (Å²) in [7, 11) is 0. The van der Waals surface area contributed by atoms with E-state index < -0.39 is 90.2 Å². The van der Waals surface area contributed by atoms with Crippen molar-refractivity contribution in [2.75, 3.05) is 13.2 Å². The van der Waals surface area contributed by atoms with Crippen molar-refractivity contribution in [2.24, 2.45) is 5.11 Å². The lowest BCUT2D eigenvalue weighted by Gasteiger charge is -2.45. The number of aromatic nitrogens is 3. The lowest BCUT2D eigenvalue weighted by atomic mass is 9.97. The Kier molecular flexibility index (Phi) is 8.78. The van der Waals surface area contributed by atoms with Crippen LogP contribution in [0.1, 0.15) is 6.04 Å². The highest BCUT2D eigenvalue weighted by Gasteiger charge is 2.50. The number of aliphatic hydroxyl groups excluding tert-OH is 6. The van der Waals surface area contributed by atoms with Crippen LogP contribution in [0.3, 0.4) is 0 Å². The number of benzene rings is 1. The summed E-state index contributed by atoms with van der Waals surface area (Å²) in [6.45, 7) is -1.41. The molecule has 1 aromatic heterocycles. The maximum Gasteiger partial charge on any atom is 0.194 e. The highest BCUT2D eigenvalue weighted by Crippen LogP contribution is 2.40. The summed E-state index contributed by atoms with van der Waals surface area (Å²) >= 11 is 0.662. The SMILES string of the molecule is [N-]=[N+]=NC1C(O)[C@@H](CO)O[C@@H](S[C@@H]2OC(CO)[C@H](O)C(n3cc(-c4cc(F)c(F)c(F)c4)nn3)C2O)[C@@H]1O. The van der Waals surface area contributed by atoms with Crippen LogP contribution in [0.4, 0.5) is 13.2 Å². The molecule has 0 spiro atoms. The molecule has 0 bridgehead atoms. The molecule has 3 heterocycles. The fraction of sp³-hybridized carbons (Fsp3) is 0.600. The minimum Gasteiger partial charge on any atom is -0.394 e. The van der Waals surface area contributed by atoms with Crippen LogP contribution in [0.2, 0.25) is 0 Å². The Labute approximate surface area is 215 Å². The van der Waals surface area contributed by atoms with E-state index in [0.717, 1.165) is 10.9 Å². The summed E-state index contributed by atoms with van der Waals surface area (Å²) in [5.41, 5.74) is 5.85. The summed E-state index contributed by atoms with van der Waals surface area (Å²) in [5.74, 6) is -4.60. The van der Waals surface area contributed by atoms with Crippen molar-refractivity contribution in [3.05, 3.63) is 46.2 Å². The summed E-state index contributed by atoms with van der Waals surface area (Å²) in [6.07, 6.45) is -7.74. The number of rotatable bonds is 7. The molecule has 0 aliphatic carbocycles. The average molecular weight is 564 g/mol. The molecule has 0 saturated carbocycles. The molecule has 208 valence electrons. The predicted molar refractivity (Wildman–Crippen MR) is 120 cm³/mol. The number of hydrogen-bond acceptors (Lipinski definition) is 12. The van der Waals surface area contributed by atoms with E-state index in [1.165, 1.54) is 0 Å². The van der Waals surface area contributed by atoms with Crippen LogP contribution in [0, 0.1) is 17.5 Å². The van der Waals surface area contributed by atoms with Gasteiger partial charge >= 0.3 is 0 Å². The van der Waals surface area contributed by atoms with Crippen LogP contribution in [0.25, 0.3) is 21.7 Å². The molecule has 18 heteroatoms. The lowest BCUT2D eigenvalue weighted by Crippen LogP contribution is -2.59. The highest BCUT2D eigenvalue weighted by molar-refractivity contribution is 8.00. The van der Waals surface area contributed by atoms with Crippen molar-refractivity contribution >= 4 is 11.8 Å². The Balaban J connectivity index is 1.60. The van der Waals surface area contributed by atoms with E-state index in [0.29, 0.717) is 23.9 Å². The first-order chi connectivity index (χ1) is 18.1. The second kappa shape index (κ2) is 11.7. The number of hydrogen-bond donors (Lipinski definition) is 6. The van der Waals surface area contributed by atoms with Crippen molar-refractivity contribution in [2.45, 2.75) is 59.6 Å². The molecule has 6 N–H and O–H groups in total. The van der Waals surface area contributed by atoms with Crippen LogP contribution in [0.15, 0.2) is 23.4 Å². The molecule has 0 radical (unpaired) electrons. The molecular weight excluding hydrogens is 541 g/mol. The monoisotopic (exact) mass is 564 g/mol. The molecule has 14 nitrogen and oxygen atoms in total. The highest BCUT2D eigenvalue weighted by atomic mass is 32.2. The Hall–Kier alpha value is -2.51. The minimum absolute atomic E-state index is 0.124. The third-order valence-corrected chi connectivity index (χ3v) is 7.56. The standard InChI is InChI=1S/C20H23F3N6O8S/c21-7-1-6(2-8(22)12(7)23)9-3-29(28-25-9)14-16(33)11(5-31)37-20(18(14)35)38-19-17(34)13(26-27-24)15(32)10(4-30)36-19/h1-3,10-11,13-20,30-35H,4-5H2/t10-,11?,13?,14?,15?,16+,17-,18?,19+,20+/m1/s1. The zero-order chi connectivity index (χ0) is 27.7. The van der Waals surface area contributed by atoms with Crippen molar-refractivity contribution in [3.63, 3.8) is 0 Å². The molecular formula is C20H23F3N6O8S. The van der Waals surface area contributed by atoms with Gasteiger partial charge in [0.1, 0.15) is 53.1 Å². The fourth-order valence-corrected chi connectivity index (χ4v) is 5.58. The van der Waals surface area contributed by atoms with Crippen molar-refractivity contribution in [3.8, 4) is 11.3 Å². The van der Waals surface area contributed by atoms with E-state index in [1.54, 1.807) is 0 Å². The first kappa shape index (κ1) is 28.5. The molecule has 2 fully saturated rings. The van der Waals surface area contributed by atoms with Gasteiger partial charge in [-0.25, -0.2) is 17.9 Å². The largest absolute Gasteiger partial charge is 0.394 e. The zero-order valence-corrected chi connectivity index (χ0v) is 20.0. The van der Waals surface area contributed by atoms with Gasteiger partial charge in [0, 0.05) is 10.5 Å². The van der Waals surface area contributed by atoms with E-state index in [9.17, 15) is 43.8 Å². The molecule has 5 unspecified atom stereocenters. The van der Waals surface area contributed by atoms with E-state index >= 15 is 0 Å². The molecule has 10 atom stereocenters. The predicted octanol–water partition coefficient (Wildman–Crippen LogP) is -0.806. The van der Waals surface area contributed by atoms with Crippen LogP contribution in [0.5, 0.6) is 0 Å². The van der Waals surface area contributed by atoms with Gasteiger partial charge in [-0.1, -0.05) is 22.1 Å². The second-order valence-corrected chi connectivity index (χ2v) is 9.77. The fourth-order valence-electron chi connectivity index (χ4n) is 4.26. The number of halogens is 3. The third-order valence-electron chi connectivity index (χ3n) is 6.25. The van der Waals surface area contributed by atoms with Crippen molar-refractivity contribution in [1.29, 1.82) is 0 Å². The van der Waals surface area contributed by atoms with Crippen LogP contribution in [-0.2, 0) is 9.47 Å². The maximum atomic E-state index is 13.7. The Morgan fingerprint density at radius 1 is 0.947 bits per heavy atom. The van der Waals surface area contributed by atoms with Gasteiger partial charge in [-0.15, -0.1) is 5.10 Å². The first-order valence-electron chi connectivity index (χ1n) is 11.1. The van der Waals surface area contributed by atoms with Crippen LogP contribution in [-0.4, -0.2) is 112 Å². The van der Waals surface area contributed by atoms with Gasteiger partial charge in [0.05, 0.1) is 31.6 Å². The number of azide groups is 1. The van der Waals surface area contributed by atoms with Crippen LogP contribution >= 0.6 is 11.8 Å². The summed E-state index contributed by atoms with van der Waals surface area (Å²) in [4.78, 5) is 2.58. The molecule has 2 aliphatic rings. The summed E-state index contributed by atoms with van der Waals surface area (Å²) < 4.78 is 52.7. The number of aliphatic hydroxyl groups is 6. The van der Waals surface area contributed by atoms with E-state index in [-0.39, 0.29) is 11.3 Å². The Morgan fingerprint density at radius 3 is 2.11 bits per heavy atom. The average Bonchev–Trinajstić information content (AvgIpc) is 3.37. The van der Waals surface area contributed by atoms with E-state index in [4.69, 9.17) is 15.0 Å². The summed E-state index contributed by atoms with van der Waals surface area (Å²) in [5, 5.41) is 72.8. The molecule has 1 aromatic carbocycles. The maximum absolute atomic E-state index is 13.7. The number of nitrogens with zero attached hydrogens (tertiary/aromatic N) is 6.